The van der Waals surface area contributed by atoms with Gasteiger partial charge >= 0.3 is 0 Å². The third-order valence-corrected chi connectivity index (χ3v) is 4.81. The lowest BCUT2D eigenvalue weighted by atomic mass is 9.89. The van der Waals surface area contributed by atoms with Crippen LogP contribution in [-0.2, 0) is 11.2 Å². The van der Waals surface area contributed by atoms with Crippen molar-refractivity contribution in [1.82, 2.24) is 5.32 Å². The standard InChI is InChI=1S/C17H19NO3S/c1-12-7-15(22-9-12)16(19)18-17(10-20-2)8-13-5-3-4-6-14(13)21-11-17/h3-7,9H,8,10-11H2,1-2H3,(H,18,19). The van der Waals surface area contributed by atoms with Gasteiger partial charge in [-0.1, -0.05) is 18.2 Å². The van der Waals surface area contributed by atoms with Gasteiger partial charge in [-0.3, -0.25) is 4.79 Å². The SMILES string of the molecule is COCC1(NC(=O)c2cc(C)cs2)COc2ccccc2C1. The van der Waals surface area contributed by atoms with Crippen molar-refractivity contribution >= 4 is 17.2 Å². The molecule has 0 fully saturated rings. The van der Waals surface area contributed by atoms with Gasteiger partial charge in [0.15, 0.2) is 0 Å². The highest BCUT2D eigenvalue weighted by atomic mass is 32.1. The first-order valence-corrected chi connectivity index (χ1v) is 8.07. The fourth-order valence-corrected chi connectivity index (χ4v) is 3.55. The number of aryl methyl sites for hydroxylation is 1. The first-order valence-electron chi connectivity index (χ1n) is 7.19. The van der Waals surface area contributed by atoms with Crippen LogP contribution in [0.4, 0.5) is 0 Å². The van der Waals surface area contributed by atoms with Gasteiger partial charge in [0.2, 0.25) is 0 Å². The number of amides is 1. The van der Waals surface area contributed by atoms with E-state index >= 15 is 0 Å². The van der Waals surface area contributed by atoms with Crippen LogP contribution in [0, 0.1) is 6.92 Å². The maximum Gasteiger partial charge on any atom is 0.261 e. The van der Waals surface area contributed by atoms with Crippen LogP contribution in [0.25, 0.3) is 0 Å². The number of rotatable bonds is 4. The first kappa shape index (κ1) is 15.1. The molecule has 4 nitrogen and oxygen atoms in total. The zero-order valence-corrected chi connectivity index (χ0v) is 13.5. The number of thiophene rings is 1. The maximum atomic E-state index is 12.5. The number of benzene rings is 1. The molecule has 0 saturated heterocycles. The molecule has 3 rings (SSSR count). The predicted octanol–water partition coefficient (Wildman–Crippen LogP) is 2.81. The Bertz CT molecular complexity index is 682. The Kier molecular flexibility index (Phi) is 4.18. The molecule has 0 bridgehead atoms. The number of ether oxygens (including phenoxy) is 2. The number of para-hydroxylation sites is 1. The van der Waals surface area contributed by atoms with Crippen molar-refractivity contribution < 1.29 is 14.3 Å². The van der Waals surface area contributed by atoms with Crippen LogP contribution < -0.4 is 10.1 Å². The molecule has 1 N–H and O–H groups in total. The second-order valence-electron chi connectivity index (χ2n) is 5.73. The van der Waals surface area contributed by atoms with Crippen molar-refractivity contribution in [2.45, 2.75) is 18.9 Å². The molecule has 1 atom stereocenters. The number of fused-ring (bicyclic) bond motifs is 1. The molecule has 1 unspecified atom stereocenters. The topological polar surface area (TPSA) is 47.6 Å². The summed E-state index contributed by atoms with van der Waals surface area (Å²) in [6.07, 6.45) is 0.701. The molecule has 1 aromatic carbocycles. The Morgan fingerprint density at radius 2 is 2.27 bits per heavy atom. The number of hydrogen-bond donors (Lipinski definition) is 1. The third kappa shape index (κ3) is 3.00. The molecule has 2 aromatic rings. The summed E-state index contributed by atoms with van der Waals surface area (Å²) in [7, 11) is 1.64. The van der Waals surface area contributed by atoms with Crippen LogP contribution in [-0.4, -0.2) is 31.8 Å². The molecule has 116 valence electrons. The van der Waals surface area contributed by atoms with E-state index in [9.17, 15) is 4.79 Å². The van der Waals surface area contributed by atoms with E-state index < -0.39 is 5.54 Å². The van der Waals surface area contributed by atoms with Gasteiger partial charge in [-0.25, -0.2) is 0 Å². The van der Waals surface area contributed by atoms with Gasteiger partial charge in [-0.2, -0.15) is 0 Å². The summed E-state index contributed by atoms with van der Waals surface area (Å²) in [6, 6.07) is 9.82. The maximum absolute atomic E-state index is 12.5. The fourth-order valence-electron chi connectivity index (χ4n) is 2.76. The summed E-state index contributed by atoms with van der Waals surface area (Å²) in [5.74, 6) is 0.813. The molecule has 2 heterocycles. The van der Waals surface area contributed by atoms with Crippen molar-refractivity contribution in [3.8, 4) is 5.75 Å². The smallest absolute Gasteiger partial charge is 0.261 e. The summed E-state index contributed by atoms with van der Waals surface area (Å²) >= 11 is 1.45. The van der Waals surface area contributed by atoms with Gasteiger partial charge in [0.1, 0.15) is 17.9 Å². The quantitative estimate of drug-likeness (QED) is 0.943. The summed E-state index contributed by atoms with van der Waals surface area (Å²) in [5.41, 5.74) is 1.66. The van der Waals surface area contributed by atoms with Gasteiger partial charge < -0.3 is 14.8 Å². The number of nitrogens with one attached hydrogen (secondary N) is 1. The minimum atomic E-state index is -0.530. The minimum Gasteiger partial charge on any atom is -0.491 e. The number of carbonyl (C=O) groups excluding carboxylic acids is 1. The average molecular weight is 317 g/mol. The van der Waals surface area contributed by atoms with Crippen molar-refractivity contribution in [3.63, 3.8) is 0 Å². The molecule has 22 heavy (non-hydrogen) atoms. The van der Waals surface area contributed by atoms with Crippen molar-refractivity contribution in [2.24, 2.45) is 0 Å². The van der Waals surface area contributed by atoms with Crippen LogP contribution in [0.2, 0.25) is 0 Å². The first-order chi connectivity index (χ1) is 10.6. The van der Waals surface area contributed by atoms with Gasteiger partial charge in [0.05, 0.1) is 11.5 Å². The van der Waals surface area contributed by atoms with Crippen LogP contribution in [0.3, 0.4) is 0 Å². The Morgan fingerprint density at radius 3 is 3.00 bits per heavy atom. The largest absolute Gasteiger partial charge is 0.491 e. The molecular weight excluding hydrogens is 298 g/mol. The van der Waals surface area contributed by atoms with E-state index in [-0.39, 0.29) is 5.91 Å². The van der Waals surface area contributed by atoms with Crippen molar-refractivity contribution in [3.05, 3.63) is 51.7 Å². The molecule has 1 aliphatic rings. The van der Waals surface area contributed by atoms with Crippen molar-refractivity contribution in [2.75, 3.05) is 20.3 Å². The lowest BCUT2D eigenvalue weighted by Gasteiger charge is -2.38. The number of hydrogen-bond acceptors (Lipinski definition) is 4. The summed E-state index contributed by atoms with van der Waals surface area (Å²) in [5, 5.41) is 5.10. The molecule has 5 heteroatoms. The van der Waals surface area contributed by atoms with Gasteiger partial charge in [-0.05, 0) is 35.6 Å². The van der Waals surface area contributed by atoms with Crippen LogP contribution in [0.5, 0.6) is 5.75 Å². The summed E-state index contributed by atoms with van der Waals surface area (Å²) in [6.45, 7) is 2.81. The van der Waals surface area contributed by atoms with Crippen LogP contribution >= 0.6 is 11.3 Å². The van der Waals surface area contributed by atoms with E-state index in [4.69, 9.17) is 9.47 Å². The highest BCUT2D eigenvalue weighted by molar-refractivity contribution is 7.12. The average Bonchev–Trinajstić information content (AvgIpc) is 2.94. The molecule has 0 aliphatic carbocycles. The van der Waals surface area contributed by atoms with Gasteiger partial charge in [0, 0.05) is 13.5 Å². The monoisotopic (exact) mass is 317 g/mol. The Hall–Kier alpha value is -1.85. The molecule has 0 radical (unpaired) electrons. The highest BCUT2D eigenvalue weighted by Crippen LogP contribution is 2.30. The van der Waals surface area contributed by atoms with E-state index in [2.05, 4.69) is 5.32 Å². The molecular formula is C17H19NO3S. The van der Waals surface area contributed by atoms with Crippen LogP contribution in [0.15, 0.2) is 35.7 Å². The fraction of sp³-hybridized carbons (Fsp3) is 0.353. The predicted molar refractivity (Wildman–Crippen MR) is 86.8 cm³/mol. The zero-order valence-electron chi connectivity index (χ0n) is 12.7. The minimum absolute atomic E-state index is 0.0712. The molecule has 0 saturated carbocycles. The summed E-state index contributed by atoms with van der Waals surface area (Å²) in [4.78, 5) is 13.2. The third-order valence-electron chi connectivity index (χ3n) is 3.76. The second kappa shape index (κ2) is 6.10. The molecule has 1 amide bonds. The Balaban J connectivity index is 1.82. The Labute approximate surface area is 134 Å². The lowest BCUT2D eigenvalue weighted by Crippen LogP contribution is -2.58. The van der Waals surface area contributed by atoms with Crippen LogP contribution in [0.1, 0.15) is 20.8 Å². The molecule has 0 spiro atoms. The molecule has 1 aromatic heterocycles. The number of methoxy groups -OCH3 is 1. The highest BCUT2D eigenvalue weighted by Gasteiger charge is 2.38. The van der Waals surface area contributed by atoms with E-state index in [0.29, 0.717) is 24.5 Å². The van der Waals surface area contributed by atoms with E-state index in [1.165, 1.54) is 11.3 Å². The van der Waals surface area contributed by atoms with Gasteiger partial charge in [0.25, 0.3) is 5.91 Å². The summed E-state index contributed by atoms with van der Waals surface area (Å²) < 4.78 is 11.2. The Morgan fingerprint density at radius 1 is 1.45 bits per heavy atom. The second-order valence-corrected chi connectivity index (χ2v) is 6.64. The zero-order chi connectivity index (χ0) is 15.6. The van der Waals surface area contributed by atoms with E-state index in [1.807, 2.05) is 42.6 Å². The normalized spacial score (nSPS) is 20.1. The lowest BCUT2D eigenvalue weighted by molar-refractivity contribution is 0.0508. The van der Waals surface area contributed by atoms with E-state index in [0.717, 1.165) is 16.9 Å². The molecule has 1 aliphatic heterocycles. The van der Waals surface area contributed by atoms with Crippen molar-refractivity contribution in [1.29, 1.82) is 0 Å². The number of carbonyl (C=O) groups is 1. The van der Waals surface area contributed by atoms with E-state index in [1.54, 1.807) is 7.11 Å². The van der Waals surface area contributed by atoms with Gasteiger partial charge in [-0.15, -0.1) is 11.3 Å².